The Morgan fingerprint density at radius 3 is 2.38 bits per heavy atom. The molecule has 1 aliphatic heterocycles. The van der Waals surface area contributed by atoms with E-state index in [1.165, 1.54) is 36.9 Å². The van der Waals surface area contributed by atoms with Crippen LogP contribution in [-0.2, 0) is 12.6 Å². The summed E-state index contributed by atoms with van der Waals surface area (Å²) in [5.41, 5.74) is 2.49. The molecular weight excluding hydrogens is 455 g/mol. The van der Waals surface area contributed by atoms with Gasteiger partial charge in [-0.05, 0) is 60.9 Å². The highest BCUT2D eigenvalue weighted by Gasteiger charge is 2.30. The van der Waals surface area contributed by atoms with Crippen molar-refractivity contribution in [2.75, 3.05) is 36.8 Å². The predicted octanol–water partition coefficient (Wildman–Crippen LogP) is 6.95. The number of nitrogens with one attached hydrogen (secondary N) is 1. The molecule has 1 aliphatic rings. The Kier molecular flexibility index (Phi) is 8.73. The van der Waals surface area contributed by atoms with Gasteiger partial charge in [0.2, 0.25) is 0 Å². The van der Waals surface area contributed by atoms with Crippen molar-refractivity contribution in [3.05, 3.63) is 65.9 Å². The van der Waals surface area contributed by atoms with Gasteiger partial charge in [0.25, 0.3) is 0 Å². The molecule has 1 aromatic heterocycles. The summed E-state index contributed by atoms with van der Waals surface area (Å²) < 4.78 is 38.8. The highest BCUT2D eigenvalue weighted by Crippen LogP contribution is 2.34. The molecule has 1 N–H and O–H groups in total. The maximum Gasteiger partial charge on any atom is 0.416 e. The second-order valence-electron chi connectivity index (χ2n) is 8.81. The lowest BCUT2D eigenvalue weighted by molar-refractivity contribution is -0.137. The molecule has 0 radical (unpaired) electrons. The first-order valence-electron chi connectivity index (χ1n) is 12.1. The molecule has 0 amide bonds. The normalized spacial score (nSPS) is 14.6. The molecule has 7 heteroatoms. The third-order valence-corrected chi connectivity index (χ3v) is 7.48. The minimum Gasteiger partial charge on any atom is -0.369 e. The van der Waals surface area contributed by atoms with Gasteiger partial charge in [-0.1, -0.05) is 37.5 Å². The van der Waals surface area contributed by atoms with Crippen LogP contribution in [0.3, 0.4) is 0 Å². The van der Waals surface area contributed by atoms with E-state index in [0.717, 1.165) is 67.2 Å². The van der Waals surface area contributed by atoms with Crippen LogP contribution in [0.25, 0.3) is 10.9 Å². The molecule has 2 aromatic carbocycles. The Morgan fingerprint density at radius 1 is 0.882 bits per heavy atom. The molecular formula is C27H32F3N3S. The van der Waals surface area contributed by atoms with Gasteiger partial charge in [0.15, 0.2) is 0 Å². The van der Waals surface area contributed by atoms with Gasteiger partial charge in [0, 0.05) is 48.3 Å². The van der Waals surface area contributed by atoms with Crippen molar-refractivity contribution in [2.45, 2.75) is 49.6 Å². The molecule has 0 aliphatic carbocycles. The first-order chi connectivity index (χ1) is 16.5. The monoisotopic (exact) mass is 487 g/mol. The number of rotatable bonds is 10. The van der Waals surface area contributed by atoms with Crippen molar-refractivity contribution >= 4 is 28.4 Å². The number of alkyl halides is 3. The summed E-state index contributed by atoms with van der Waals surface area (Å²) in [5.74, 6) is 0.966. The predicted molar refractivity (Wildman–Crippen MR) is 136 cm³/mol. The number of pyridine rings is 1. The first-order valence-corrected chi connectivity index (χ1v) is 13.1. The Hall–Kier alpha value is -2.25. The van der Waals surface area contributed by atoms with Crippen LogP contribution in [0.2, 0.25) is 0 Å². The van der Waals surface area contributed by atoms with Crippen LogP contribution >= 0.6 is 11.8 Å². The molecule has 0 unspecified atom stereocenters. The van der Waals surface area contributed by atoms with Crippen molar-refractivity contribution in [2.24, 2.45) is 0 Å². The standard InChI is InChI=1S/C27H32F3N3S/c28-27(29,30)22-9-12-24-25(20-22)32-14-13-26(24)34-19-5-3-1-2-4-6-21-7-10-23(11-8-21)33-17-15-31-16-18-33/h7-14,20,31H,1-6,15-19H2. The molecule has 182 valence electrons. The lowest BCUT2D eigenvalue weighted by Crippen LogP contribution is -2.43. The first kappa shape index (κ1) is 24.9. The number of anilines is 1. The van der Waals surface area contributed by atoms with E-state index in [-0.39, 0.29) is 0 Å². The summed E-state index contributed by atoms with van der Waals surface area (Å²) in [5, 5.41) is 4.19. The van der Waals surface area contributed by atoms with Crippen molar-refractivity contribution in [1.29, 1.82) is 0 Å². The van der Waals surface area contributed by atoms with Gasteiger partial charge in [0.05, 0.1) is 11.1 Å². The second kappa shape index (κ2) is 11.9. The third-order valence-electron chi connectivity index (χ3n) is 6.32. The van der Waals surface area contributed by atoms with Crippen LogP contribution < -0.4 is 10.2 Å². The fourth-order valence-electron chi connectivity index (χ4n) is 4.36. The van der Waals surface area contributed by atoms with Gasteiger partial charge in [-0.2, -0.15) is 13.2 Å². The molecule has 0 saturated carbocycles. The summed E-state index contributed by atoms with van der Waals surface area (Å²) >= 11 is 1.71. The summed E-state index contributed by atoms with van der Waals surface area (Å²) in [7, 11) is 0. The van der Waals surface area contributed by atoms with Crippen LogP contribution in [0.15, 0.2) is 59.6 Å². The highest BCUT2D eigenvalue weighted by atomic mass is 32.2. The summed E-state index contributed by atoms with van der Waals surface area (Å²) in [6.07, 6.45) is 4.31. The van der Waals surface area contributed by atoms with Crippen molar-refractivity contribution in [3.63, 3.8) is 0 Å². The number of hydrogen-bond acceptors (Lipinski definition) is 4. The largest absolute Gasteiger partial charge is 0.416 e. The average molecular weight is 488 g/mol. The summed E-state index contributed by atoms with van der Waals surface area (Å²) in [6, 6.07) is 14.8. The van der Waals surface area contributed by atoms with E-state index in [1.807, 2.05) is 6.07 Å². The number of aromatic nitrogens is 1. The number of piperazine rings is 1. The summed E-state index contributed by atoms with van der Waals surface area (Å²) in [4.78, 5) is 7.57. The molecule has 1 saturated heterocycles. The zero-order valence-corrected chi connectivity index (χ0v) is 20.2. The van der Waals surface area contributed by atoms with Crippen LogP contribution in [-0.4, -0.2) is 36.9 Å². The number of benzene rings is 2. The van der Waals surface area contributed by atoms with Gasteiger partial charge < -0.3 is 10.2 Å². The minimum atomic E-state index is -4.34. The Balaban J connectivity index is 1.13. The van der Waals surface area contributed by atoms with Gasteiger partial charge in [-0.3, -0.25) is 4.98 Å². The zero-order valence-electron chi connectivity index (χ0n) is 19.4. The van der Waals surface area contributed by atoms with E-state index in [1.54, 1.807) is 24.0 Å². The van der Waals surface area contributed by atoms with E-state index >= 15 is 0 Å². The van der Waals surface area contributed by atoms with Crippen LogP contribution in [0, 0.1) is 0 Å². The van der Waals surface area contributed by atoms with E-state index in [4.69, 9.17) is 0 Å². The SMILES string of the molecule is FC(F)(F)c1ccc2c(SCCCCCCCc3ccc(N4CCNCC4)cc3)ccnc2c1. The van der Waals surface area contributed by atoms with Crippen molar-refractivity contribution in [1.82, 2.24) is 10.3 Å². The number of halogens is 3. The number of fused-ring (bicyclic) bond motifs is 1. The number of hydrogen-bond donors (Lipinski definition) is 1. The van der Waals surface area contributed by atoms with Gasteiger partial charge in [-0.25, -0.2) is 0 Å². The Bertz CT molecular complexity index is 1050. The number of nitrogens with zero attached hydrogens (tertiary/aromatic N) is 2. The lowest BCUT2D eigenvalue weighted by atomic mass is 10.0. The maximum atomic E-state index is 12.9. The zero-order chi connectivity index (χ0) is 23.8. The van der Waals surface area contributed by atoms with E-state index in [0.29, 0.717) is 5.52 Å². The van der Waals surface area contributed by atoms with Gasteiger partial charge in [0.1, 0.15) is 0 Å². The van der Waals surface area contributed by atoms with E-state index in [2.05, 4.69) is 39.5 Å². The van der Waals surface area contributed by atoms with E-state index in [9.17, 15) is 13.2 Å². The molecule has 3 nitrogen and oxygen atoms in total. The molecule has 4 rings (SSSR count). The second-order valence-corrected chi connectivity index (χ2v) is 9.95. The Labute approximate surface area is 204 Å². The fourth-order valence-corrected chi connectivity index (χ4v) is 5.42. The molecule has 0 atom stereocenters. The molecule has 0 spiro atoms. The molecule has 34 heavy (non-hydrogen) atoms. The topological polar surface area (TPSA) is 28.2 Å². The average Bonchev–Trinajstić information content (AvgIpc) is 2.85. The summed E-state index contributed by atoms with van der Waals surface area (Å²) in [6.45, 7) is 4.27. The van der Waals surface area contributed by atoms with Crippen molar-refractivity contribution in [3.8, 4) is 0 Å². The van der Waals surface area contributed by atoms with Crippen molar-refractivity contribution < 1.29 is 13.2 Å². The van der Waals surface area contributed by atoms with Crippen LogP contribution in [0.1, 0.15) is 43.2 Å². The molecule has 2 heterocycles. The number of aryl methyl sites for hydroxylation is 1. The molecule has 1 fully saturated rings. The van der Waals surface area contributed by atoms with Gasteiger partial charge in [-0.15, -0.1) is 11.8 Å². The Morgan fingerprint density at radius 2 is 1.62 bits per heavy atom. The maximum absolute atomic E-state index is 12.9. The lowest BCUT2D eigenvalue weighted by Gasteiger charge is -2.29. The van der Waals surface area contributed by atoms with Gasteiger partial charge >= 0.3 is 6.18 Å². The number of unbranched alkanes of at least 4 members (excludes halogenated alkanes) is 4. The third kappa shape index (κ3) is 6.89. The number of thioether (sulfide) groups is 1. The fraction of sp³-hybridized carbons (Fsp3) is 0.444. The minimum absolute atomic E-state index is 0.404. The van der Waals surface area contributed by atoms with Crippen LogP contribution in [0.5, 0.6) is 0 Å². The highest BCUT2D eigenvalue weighted by molar-refractivity contribution is 7.99. The smallest absolute Gasteiger partial charge is 0.369 e. The van der Waals surface area contributed by atoms with E-state index < -0.39 is 11.7 Å². The molecule has 3 aromatic rings. The molecule has 0 bridgehead atoms. The van der Waals surface area contributed by atoms with Crippen LogP contribution in [0.4, 0.5) is 18.9 Å². The quantitative estimate of drug-likeness (QED) is 0.247.